The van der Waals surface area contributed by atoms with Gasteiger partial charge in [-0.2, -0.15) is 12.7 Å². The first-order valence-corrected chi connectivity index (χ1v) is 13.4. The van der Waals surface area contributed by atoms with Crippen LogP contribution >= 0.6 is 34.2 Å². The summed E-state index contributed by atoms with van der Waals surface area (Å²) in [6.45, 7) is 2.02. The van der Waals surface area contributed by atoms with Crippen LogP contribution < -0.4 is 10.0 Å². The largest absolute Gasteiger partial charge is 0.350 e. The minimum atomic E-state index is -3.95. The smallest absolute Gasteiger partial charge is 0.301 e. The minimum Gasteiger partial charge on any atom is -0.350 e. The lowest BCUT2D eigenvalue weighted by Crippen LogP contribution is -2.52. The van der Waals surface area contributed by atoms with Crippen molar-refractivity contribution in [1.82, 2.24) is 9.21 Å². The predicted octanol–water partition coefficient (Wildman–Crippen LogP) is 5.18. The summed E-state index contributed by atoms with van der Waals surface area (Å²) in [7, 11) is -3.95. The van der Waals surface area contributed by atoms with Crippen molar-refractivity contribution < 1.29 is 17.2 Å². The second kappa shape index (κ2) is 9.96. The average Bonchev–Trinajstić information content (AvgIpc) is 3.30. The molecule has 2 fully saturated rings. The average molecular weight is 597 g/mol. The summed E-state index contributed by atoms with van der Waals surface area (Å²) in [6.07, 6.45) is 4.77. The van der Waals surface area contributed by atoms with Gasteiger partial charge in [0.15, 0.2) is 11.6 Å². The van der Waals surface area contributed by atoms with Crippen LogP contribution in [-0.2, 0) is 10.2 Å². The molecule has 0 radical (unpaired) electrons. The maximum Gasteiger partial charge on any atom is 0.301 e. The fraction of sp³-hybridized carbons (Fsp3) is 0.429. The number of rotatable bonds is 6. The zero-order valence-electron chi connectivity index (χ0n) is 17.3. The summed E-state index contributed by atoms with van der Waals surface area (Å²) in [5.74, 6) is -2.28. The van der Waals surface area contributed by atoms with Gasteiger partial charge in [0, 0.05) is 35.8 Å². The molecule has 2 aromatic rings. The zero-order valence-corrected chi connectivity index (χ0v) is 21.0. The molecule has 1 heterocycles. The molecule has 2 N–H and O–H groups in total. The maximum atomic E-state index is 14.7. The highest BCUT2D eigenvalue weighted by Crippen LogP contribution is 2.34. The van der Waals surface area contributed by atoms with E-state index in [4.69, 9.17) is 11.6 Å². The van der Waals surface area contributed by atoms with Gasteiger partial charge in [-0.25, -0.2) is 8.78 Å². The van der Waals surface area contributed by atoms with Crippen LogP contribution in [0.1, 0.15) is 25.7 Å². The number of piperazine rings is 1. The molecule has 2 aliphatic rings. The molecule has 174 valence electrons. The van der Waals surface area contributed by atoms with E-state index in [0.717, 1.165) is 22.5 Å². The molecule has 0 amide bonds. The van der Waals surface area contributed by atoms with Gasteiger partial charge in [-0.1, -0.05) is 24.4 Å². The Hall–Kier alpha value is -1.21. The highest BCUT2D eigenvalue weighted by Gasteiger charge is 2.31. The lowest BCUT2D eigenvalue weighted by molar-refractivity contribution is 0.139. The highest BCUT2D eigenvalue weighted by atomic mass is 127. The van der Waals surface area contributed by atoms with Crippen LogP contribution in [0.3, 0.4) is 0 Å². The van der Waals surface area contributed by atoms with Gasteiger partial charge in [-0.05, 0) is 65.8 Å². The van der Waals surface area contributed by atoms with E-state index < -0.39 is 21.8 Å². The highest BCUT2D eigenvalue weighted by molar-refractivity contribution is 14.1. The van der Waals surface area contributed by atoms with Crippen molar-refractivity contribution in [3.05, 3.63) is 50.6 Å². The van der Waals surface area contributed by atoms with E-state index in [2.05, 4.69) is 37.5 Å². The predicted molar refractivity (Wildman–Crippen MR) is 132 cm³/mol. The summed E-state index contributed by atoms with van der Waals surface area (Å²) in [5.41, 5.74) is -0.0692. The molecule has 0 bridgehead atoms. The first-order valence-electron chi connectivity index (χ1n) is 10.5. The van der Waals surface area contributed by atoms with Crippen molar-refractivity contribution in [3.63, 3.8) is 0 Å². The second-order valence-electron chi connectivity index (χ2n) is 8.01. The molecule has 11 heteroatoms. The maximum absolute atomic E-state index is 14.7. The number of benzene rings is 2. The van der Waals surface area contributed by atoms with Crippen LogP contribution in [0.15, 0.2) is 30.3 Å². The summed E-state index contributed by atoms with van der Waals surface area (Å²) in [5, 5.41) is 3.05. The van der Waals surface area contributed by atoms with Gasteiger partial charge in [0.05, 0.1) is 16.4 Å². The molecular formula is C21H24ClF2IN4O2S. The monoisotopic (exact) mass is 596 g/mol. The van der Waals surface area contributed by atoms with Crippen molar-refractivity contribution in [2.45, 2.75) is 31.7 Å². The van der Waals surface area contributed by atoms with Gasteiger partial charge in [0.1, 0.15) is 5.69 Å². The van der Waals surface area contributed by atoms with Crippen molar-refractivity contribution >= 4 is 61.5 Å². The molecule has 1 aliphatic carbocycles. The SMILES string of the molecule is O=S(=O)(Nc1ccc(F)c(F)c1Nc1ccc(I)cc1Cl)N1CCN(C2CCCC2)CC1. The van der Waals surface area contributed by atoms with E-state index in [9.17, 15) is 17.2 Å². The van der Waals surface area contributed by atoms with Gasteiger partial charge in [-0.3, -0.25) is 9.62 Å². The lowest BCUT2D eigenvalue weighted by Gasteiger charge is -2.37. The number of nitrogens with one attached hydrogen (secondary N) is 2. The Labute approximate surface area is 205 Å². The number of hydrogen-bond acceptors (Lipinski definition) is 4. The first-order chi connectivity index (χ1) is 15.2. The van der Waals surface area contributed by atoms with Crippen LogP contribution in [0.4, 0.5) is 25.8 Å². The lowest BCUT2D eigenvalue weighted by atomic mass is 10.2. The van der Waals surface area contributed by atoms with Crippen molar-refractivity contribution in [3.8, 4) is 0 Å². The van der Waals surface area contributed by atoms with Crippen LogP contribution in [0, 0.1) is 15.2 Å². The molecular weight excluding hydrogens is 573 g/mol. The third-order valence-corrected chi connectivity index (χ3v) is 8.49. The Kier molecular flexibility index (Phi) is 7.45. The number of anilines is 3. The summed E-state index contributed by atoms with van der Waals surface area (Å²) in [4.78, 5) is 2.35. The normalized spacial score (nSPS) is 18.8. The second-order valence-corrected chi connectivity index (χ2v) is 11.3. The molecule has 0 spiro atoms. The van der Waals surface area contributed by atoms with Crippen LogP contribution in [-0.4, -0.2) is 49.8 Å². The minimum absolute atomic E-state index is 0.0864. The van der Waals surface area contributed by atoms with E-state index >= 15 is 0 Å². The quantitative estimate of drug-likeness (QED) is 0.451. The van der Waals surface area contributed by atoms with Crippen LogP contribution in [0.2, 0.25) is 5.02 Å². The standard InChI is InChI=1S/C21H24ClF2IN4O2S/c22-16-13-14(25)5-7-18(16)26-21-19(8-6-17(23)20(21)24)27-32(30,31)29-11-9-28(10-12-29)15-3-1-2-4-15/h5-8,13,15,26-27H,1-4,9-12H2. The molecule has 6 nitrogen and oxygen atoms in total. The molecule has 1 saturated heterocycles. The van der Waals surface area contributed by atoms with E-state index in [0.29, 0.717) is 42.9 Å². The molecule has 0 atom stereocenters. The van der Waals surface area contributed by atoms with Gasteiger partial charge < -0.3 is 5.32 Å². The van der Waals surface area contributed by atoms with Crippen molar-refractivity contribution in [2.75, 3.05) is 36.2 Å². The van der Waals surface area contributed by atoms with Gasteiger partial charge in [-0.15, -0.1) is 0 Å². The molecule has 0 unspecified atom stereocenters. The van der Waals surface area contributed by atoms with E-state index in [1.54, 1.807) is 18.2 Å². The Morgan fingerprint density at radius 3 is 2.31 bits per heavy atom. The van der Waals surface area contributed by atoms with E-state index in [1.165, 1.54) is 23.2 Å². The molecule has 0 aromatic heterocycles. The van der Waals surface area contributed by atoms with Gasteiger partial charge in [0.25, 0.3) is 0 Å². The third-order valence-electron chi connectivity index (χ3n) is 5.98. The van der Waals surface area contributed by atoms with Crippen molar-refractivity contribution in [2.24, 2.45) is 0 Å². The van der Waals surface area contributed by atoms with Crippen LogP contribution in [0.25, 0.3) is 0 Å². The van der Waals surface area contributed by atoms with Crippen LogP contribution in [0.5, 0.6) is 0 Å². The summed E-state index contributed by atoms with van der Waals surface area (Å²) < 4.78 is 59.3. The summed E-state index contributed by atoms with van der Waals surface area (Å²) in [6, 6.07) is 7.66. The van der Waals surface area contributed by atoms with Gasteiger partial charge in [0.2, 0.25) is 0 Å². The Morgan fingerprint density at radius 1 is 1.00 bits per heavy atom. The zero-order chi connectivity index (χ0) is 22.9. The molecule has 32 heavy (non-hydrogen) atoms. The third kappa shape index (κ3) is 5.30. The Bertz CT molecular complexity index is 1090. The van der Waals surface area contributed by atoms with Crippen molar-refractivity contribution in [1.29, 1.82) is 0 Å². The fourth-order valence-corrected chi connectivity index (χ4v) is 6.39. The topological polar surface area (TPSA) is 64.7 Å². The first kappa shape index (κ1) is 23.9. The Balaban J connectivity index is 1.52. The molecule has 2 aromatic carbocycles. The summed E-state index contributed by atoms with van der Waals surface area (Å²) >= 11 is 8.29. The fourth-order valence-electron chi connectivity index (χ4n) is 4.27. The van der Waals surface area contributed by atoms with E-state index in [-0.39, 0.29) is 11.4 Å². The molecule has 4 rings (SSSR count). The number of halogens is 4. The van der Waals surface area contributed by atoms with Gasteiger partial charge >= 0.3 is 10.2 Å². The molecule has 1 saturated carbocycles. The Morgan fingerprint density at radius 2 is 1.66 bits per heavy atom. The number of nitrogens with zero attached hydrogens (tertiary/aromatic N) is 2. The van der Waals surface area contributed by atoms with E-state index in [1.807, 2.05) is 0 Å². The molecule has 1 aliphatic heterocycles. The number of hydrogen-bond donors (Lipinski definition) is 2.